The zero-order chi connectivity index (χ0) is 22.8. The summed E-state index contributed by atoms with van der Waals surface area (Å²) in [6, 6.07) is 11.9. The lowest BCUT2D eigenvalue weighted by molar-refractivity contribution is -0.123. The fourth-order valence-electron chi connectivity index (χ4n) is 3.80. The van der Waals surface area contributed by atoms with Crippen molar-refractivity contribution >= 4 is 23.3 Å². The van der Waals surface area contributed by atoms with Crippen LogP contribution in [0.3, 0.4) is 0 Å². The Kier molecular flexibility index (Phi) is 5.72. The van der Waals surface area contributed by atoms with Gasteiger partial charge in [0.25, 0.3) is 5.91 Å². The molecule has 1 aliphatic rings. The second kappa shape index (κ2) is 8.62. The van der Waals surface area contributed by atoms with Crippen molar-refractivity contribution in [2.45, 2.75) is 19.4 Å². The number of nitrogens with zero attached hydrogens (tertiary/aromatic N) is 2. The quantitative estimate of drug-likeness (QED) is 0.588. The van der Waals surface area contributed by atoms with Crippen LogP contribution in [0.15, 0.2) is 42.5 Å². The third-order valence-corrected chi connectivity index (χ3v) is 5.34. The van der Waals surface area contributed by atoms with E-state index in [4.69, 9.17) is 14.2 Å². The molecule has 166 valence electrons. The van der Waals surface area contributed by atoms with Crippen LogP contribution in [0.4, 0.5) is 11.5 Å². The summed E-state index contributed by atoms with van der Waals surface area (Å²) >= 11 is 0. The number of rotatable bonds is 7. The minimum atomic E-state index is -0.764. The van der Waals surface area contributed by atoms with Crippen LogP contribution in [0.5, 0.6) is 17.2 Å². The van der Waals surface area contributed by atoms with E-state index >= 15 is 0 Å². The van der Waals surface area contributed by atoms with E-state index in [2.05, 4.69) is 15.7 Å². The van der Waals surface area contributed by atoms with Crippen molar-refractivity contribution in [2.75, 3.05) is 32.0 Å². The minimum absolute atomic E-state index is 0.0854. The minimum Gasteiger partial charge on any atom is -0.497 e. The predicted octanol–water partition coefficient (Wildman–Crippen LogP) is 3.41. The molecule has 2 N–H and O–H groups in total. The van der Waals surface area contributed by atoms with Crippen molar-refractivity contribution in [3.8, 4) is 28.4 Å². The fraction of sp³-hybridized carbons (Fsp3) is 0.261. The lowest BCUT2D eigenvalue weighted by Gasteiger charge is -2.13. The lowest BCUT2D eigenvalue weighted by atomic mass is 10.1. The zero-order valence-corrected chi connectivity index (χ0v) is 18.3. The van der Waals surface area contributed by atoms with Gasteiger partial charge in [0, 0.05) is 11.6 Å². The van der Waals surface area contributed by atoms with Crippen LogP contribution in [0.2, 0.25) is 0 Å². The van der Waals surface area contributed by atoms with Crippen molar-refractivity contribution in [3.63, 3.8) is 0 Å². The molecule has 0 aliphatic carbocycles. The molecule has 0 saturated heterocycles. The molecule has 1 unspecified atom stereocenters. The summed E-state index contributed by atoms with van der Waals surface area (Å²) in [4.78, 5) is 25.5. The standard InChI is InChI=1S/C23H24N4O5/c1-13-21(14-6-5-7-15(10-14)30-2)22-25-23(29)18(27(22)26-13)12-20(28)24-17-11-16(31-3)8-9-19(17)32-4/h5-11,18H,12H2,1-4H3,(H,24,28)(H,25,29). The van der Waals surface area contributed by atoms with Gasteiger partial charge in [-0.05, 0) is 36.8 Å². The average molecular weight is 436 g/mol. The van der Waals surface area contributed by atoms with Gasteiger partial charge in [-0.2, -0.15) is 5.10 Å². The summed E-state index contributed by atoms with van der Waals surface area (Å²) in [6.45, 7) is 1.87. The first-order chi connectivity index (χ1) is 15.4. The van der Waals surface area contributed by atoms with E-state index in [0.29, 0.717) is 28.8 Å². The number of carbonyl (C=O) groups excluding carboxylic acids is 2. The second-order valence-electron chi connectivity index (χ2n) is 7.31. The highest BCUT2D eigenvalue weighted by atomic mass is 16.5. The maximum absolute atomic E-state index is 12.8. The maximum atomic E-state index is 12.8. The maximum Gasteiger partial charge on any atom is 0.251 e. The molecule has 0 saturated carbocycles. The number of amides is 2. The Hall–Kier alpha value is -4.01. The summed E-state index contributed by atoms with van der Waals surface area (Å²) in [6.07, 6.45) is -0.0854. The molecular formula is C23H24N4O5. The van der Waals surface area contributed by atoms with Gasteiger partial charge in [0.1, 0.15) is 29.1 Å². The first-order valence-corrected chi connectivity index (χ1v) is 10.0. The molecule has 2 aromatic carbocycles. The van der Waals surface area contributed by atoms with Crippen molar-refractivity contribution in [3.05, 3.63) is 48.2 Å². The summed E-state index contributed by atoms with van der Waals surface area (Å²) < 4.78 is 17.4. The van der Waals surface area contributed by atoms with Crippen LogP contribution in [0, 0.1) is 6.92 Å². The summed E-state index contributed by atoms with van der Waals surface area (Å²) in [7, 11) is 4.65. The summed E-state index contributed by atoms with van der Waals surface area (Å²) in [5.74, 6) is 1.70. The van der Waals surface area contributed by atoms with Gasteiger partial charge in [-0.1, -0.05) is 12.1 Å². The van der Waals surface area contributed by atoms with Gasteiger partial charge in [-0.3, -0.25) is 9.59 Å². The van der Waals surface area contributed by atoms with E-state index < -0.39 is 6.04 Å². The molecule has 3 aromatic rings. The van der Waals surface area contributed by atoms with Crippen molar-refractivity contribution in [1.82, 2.24) is 9.78 Å². The molecule has 0 radical (unpaired) electrons. The van der Waals surface area contributed by atoms with Crippen LogP contribution in [-0.4, -0.2) is 42.9 Å². The molecule has 1 aliphatic heterocycles. The van der Waals surface area contributed by atoms with Crippen LogP contribution < -0.4 is 24.8 Å². The molecule has 9 nitrogen and oxygen atoms in total. The Morgan fingerprint density at radius 1 is 1.09 bits per heavy atom. The molecule has 0 bridgehead atoms. The van der Waals surface area contributed by atoms with Crippen molar-refractivity contribution in [1.29, 1.82) is 0 Å². The molecule has 4 rings (SSSR count). The Labute approximate surface area is 185 Å². The Balaban J connectivity index is 1.59. The van der Waals surface area contributed by atoms with Gasteiger partial charge >= 0.3 is 0 Å². The topological polar surface area (TPSA) is 104 Å². The molecule has 0 fully saturated rings. The van der Waals surface area contributed by atoms with Gasteiger partial charge in [0.15, 0.2) is 0 Å². The highest BCUT2D eigenvalue weighted by molar-refractivity contribution is 6.04. The third kappa shape index (κ3) is 3.84. The first kappa shape index (κ1) is 21.2. The molecule has 32 heavy (non-hydrogen) atoms. The smallest absolute Gasteiger partial charge is 0.251 e. The normalized spacial score (nSPS) is 14.5. The molecule has 0 spiro atoms. The molecule has 2 amide bonds. The van der Waals surface area contributed by atoms with E-state index in [1.54, 1.807) is 30.0 Å². The number of carbonyl (C=O) groups is 2. The first-order valence-electron chi connectivity index (χ1n) is 10.0. The second-order valence-corrected chi connectivity index (χ2v) is 7.31. The van der Waals surface area contributed by atoms with Crippen LogP contribution in [0.1, 0.15) is 18.2 Å². The summed E-state index contributed by atoms with van der Waals surface area (Å²) in [5, 5.41) is 10.2. The largest absolute Gasteiger partial charge is 0.497 e. The Bertz CT molecular complexity index is 1190. The Morgan fingerprint density at radius 3 is 2.56 bits per heavy atom. The van der Waals surface area contributed by atoms with E-state index in [-0.39, 0.29) is 18.2 Å². The monoisotopic (exact) mass is 436 g/mol. The van der Waals surface area contributed by atoms with Crippen LogP contribution in [-0.2, 0) is 9.59 Å². The number of ether oxygens (including phenoxy) is 3. The number of benzene rings is 2. The van der Waals surface area contributed by atoms with Crippen molar-refractivity contribution in [2.24, 2.45) is 0 Å². The molecule has 9 heteroatoms. The number of aryl methyl sites for hydroxylation is 1. The molecule has 1 atom stereocenters. The van der Waals surface area contributed by atoms with Gasteiger partial charge in [-0.15, -0.1) is 0 Å². The lowest BCUT2D eigenvalue weighted by Crippen LogP contribution is -2.24. The average Bonchev–Trinajstić information content (AvgIpc) is 3.26. The van der Waals surface area contributed by atoms with E-state index in [9.17, 15) is 9.59 Å². The predicted molar refractivity (Wildman–Crippen MR) is 119 cm³/mol. The number of fused-ring (bicyclic) bond motifs is 1. The van der Waals surface area contributed by atoms with E-state index in [0.717, 1.165) is 16.8 Å². The SMILES string of the molecule is COc1cccc(-c2c(C)nn3c2NC(=O)C3CC(=O)Nc2cc(OC)ccc2OC)c1. The highest BCUT2D eigenvalue weighted by Gasteiger charge is 2.36. The number of hydrogen-bond acceptors (Lipinski definition) is 6. The third-order valence-electron chi connectivity index (χ3n) is 5.34. The van der Waals surface area contributed by atoms with Gasteiger partial charge < -0.3 is 24.8 Å². The zero-order valence-electron chi connectivity index (χ0n) is 18.3. The van der Waals surface area contributed by atoms with Crippen molar-refractivity contribution < 1.29 is 23.8 Å². The van der Waals surface area contributed by atoms with Crippen LogP contribution in [0.25, 0.3) is 11.1 Å². The van der Waals surface area contributed by atoms with Gasteiger partial charge in [0.05, 0.1) is 39.1 Å². The van der Waals surface area contributed by atoms with E-state index in [1.165, 1.54) is 14.2 Å². The number of methoxy groups -OCH3 is 3. The number of anilines is 2. The molecule has 2 heterocycles. The van der Waals surface area contributed by atoms with E-state index in [1.807, 2.05) is 31.2 Å². The summed E-state index contributed by atoms with van der Waals surface area (Å²) in [5.41, 5.74) is 2.88. The van der Waals surface area contributed by atoms with Gasteiger partial charge in [0.2, 0.25) is 5.91 Å². The highest BCUT2D eigenvalue weighted by Crippen LogP contribution is 2.39. The Morgan fingerprint density at radius 2 is 1.84 bits per heavy atom. The number of nitrogens with one attached hydrogen (secondary N) is 2. The number of aromatic nitrogens is 2. The van der Waals surface area contributed by atoms with Gasteiger partial charge in [-0.25, -0.2) is 4.68 Å². The van der Waals surface area contributed by atoms with Crippen LogP contribution >= 0.6 is 0 Å². The number of hydrogen-bond donors (Lipinski definition) is 2. The molecular weight excluding hydrogens is 412 g/mol. The fourth-order valence-corrected chi connectivity index (χ4v) is 3.80. The molecule has 1 aromatic heterocycles.